The van der Waals surface area contributed by atoms with E-state index >= 15 is 0 Å². The Hall–Kier alpha value is -7.77. The van der Waals surface area contributed by atoms with Crippen LogP contribution in [-0.4, -0.2) is 107 Å². The predicted molar refractivity (Wildman–Crippen MR) is 253 cm³/mol. The molecule has 5 unspecified atom stereocenters. The van der Waals surface area contributed by atoms with Crippen LogP contribution in [0.15, 0.2) is 96.1 Å². The lowest BCUT2D eigenvalue weighted by atomic mass is 9.73. The van der Waals surface area contributed by atoms with Gasteiger partial charge in [0.05, 0.1) is 6.42 Å². The molecule has 1 aliphatic heterocycles. The van der Waals surface area contributed by atoms with Crippen LogP contribution in [0.2, 0.25) is 0 Å². The quantitative estimate of drug-likeness (QED) is 0.0529. The van der Waals surface area contributed by atoms with E-state index in [2.05, 4.69) is 47.2 Å². The van der Waals surface area contributed by atoms with Gasteiger partial charge in [0.25, 0.3) is 0 Å². The normalized spacial score (nSPS) is 24.5. The monoisotopic (exact) mass is 932 g/mol. The minimum absolute atomic E-state index is 0.0247. The van der Waals surface area contributed by atoms with Crippen LogP contribution in [0.5, 0.6) is 0 Å². The molecule has 1 aliphatic carbocycles. The number of fused-ring (bicyclic) bond motifs is 1. The third-order valence-electron chi connectivity index (χ3n) is 12.4. The minimum atomic E-state index is -1.63. The van der Waals surface area contributed by atoms with E-state index in [1.807, 2.05) is 54.6 Å². The van der Waals surface area contributed by atoms with Crippen LogP contribution in [0.4, 0.5) is 0 Å². The highest BCUT2D eigenvalue weighted by molar-refractivity contribution is 6.00. The maximum Gasteiger partial charge on any atom is 0.246 e. The number of aromatic nitrogens is 1. The Bertz CT molecular complexity index is 2480. The fourth-order valence-corrected chi connectivity index (χ4v) is 8.73. The molecule has 2 fully saturated rings. The Morgan fingerprint density at radius 1 is 0.735 bits per heavy atom. The molecule has 8 amide bonds. The van der Waals surface area contributed by atoms with Gasteiger partial charge in [-0.2, -0.15) is 0 Å². The Kier molecular flexibility index (Phi) is 16.9. The molecule has 2 heterocycles. The number of para-hydroxylation sites is 1. The number of hydrogen-bond donors (Lipinski definition) is 11. The van der Waals surface area contributed by atoms with E-state index in [0.29, 0.717) is 24.0 Å². The SMILES string of the molecule is CC(=O)NC1CC(=O)NCC(C(N)=O)NC(=O)C(Cc2c[nH]c3ccccc23)NC(=O)C(CCCN=C(N)N)NC(=O)C(Cc2ccccc2)NC(=O)C2(CCC(c3ccccc3)CC2)NC1=O. The zero-order valence-electron chi connectivity index (χ0n) is 37.8. The molecule has 1 saturated carbocycles. The smallest absolute Gasteiger partial charge is 0.246 e. The number of primary amides is 1. The van der Waals surface area contributed by atoms with Crippen molar-refractivity contribution in [2.75, 3.05) is 13.1 Å². The standard InChI is InChI=1S/C48H60N12O8/c1-28(61)55-38-25-40(62)54-27-39(41(49)63)58-44(66)37(24-32-26-53-34-16-9-8-15-33(32)34)57-42(64)35(17-10-22-52-47(50)51)56-43(65)36(23-29-11-4-2-5-12-29)59-46(68)48(60-45(38)67)20-18-31(19-21-48)30-13-6-3-7-14-30/h2-9,11-16,26,31,35-39,53H,10,17-25,27H2,1H3,(H2,49,63)(H,54,62)(H,55,61)(H,56,65)(H,57,64)(H,58,66)(H,59,68)(H,60,67)(H4,50,51,52). The van der Waals surface area contributed by atoms with Crippen LogP contribution in [0, 0.1) is 0 Å². The van der Waals surface area contributed by atoms with Crippen LogP contribution in [0.25, 0.3) is 10.9 Å². The molecule has 1 spiro atoms. The lowest BCUT2D eigenvalue weighted by Crippen LogP contribution is -2.66. The average molecular weight is 933 g/mol. The summed E-state index contributed by atoms with van der Waals surface area (Å²) in [6.07, 6.45) is 2.25. The van der Waals surface area contributed by atoms with Crippen molar-refractivity contribution in [3.8, 4) is 0 Å². The fraction of sp³-hybridized carbons (Fsp3) is 0.396. The number of benzene rings is 3. The number of carbonyl (C=O) groups is 8. The van der Waals surface area contributed by atoms with Crippen molar-refractivity contribution in [1.29, 1.82) is 0 Å². The van der Waals surface area contributed by atoms with Crippen molar-refractivity contribution < 1.29 is 38.4 Å². The Labute approximate surface area is 393 Å². The second-order valence-electron chi connectivity index (χ2n) is 17.3. The summed E-state index contributed by atoms with van der Waals surface area (Å²) in [5.41, 5.74) is 18.4. The maximum absolute atomic E-state index is 15.0. The number of rotatable bonds is 11. The van der Waals surface area contributed by atoms with Crippen molar-refractivity contribution in [3.05, 3.63) is 108 Å². The highest BCUT2D eigenvalue weighted by Crippen LogP contribution is 2.38. The highest BCUT2D eigenvalue weighted by atomic mass is 16.2. The lowest BCUT2D eigenvalue weighted by Gasteiger charge is -2.41. The van der Waals surface area contributed by atoms with Crippen molar-refractivity contribution in [3.63, 3.8) is 0 Å². The number of hydrogen-bond acceptors (Lipinski definition) is 9. The third-order valence-corrected chi connectivity index (χ3v) is 12.4. The van der Waals surface area contributed by atoms with Gasteiger partial charge in [0, 0.05) is 50.0 Å². The van der Waals surface area contributed by atoms with Gasteiger partial charge in [0.1, 0.15) is 35.7 Å². The van der Waals surface area contributed by atoms with E-state index in [1.165, 1.54) is 6.92 Å². The second-order valence-corrected chi connectivity index (χ2v) is 17.3. The van der Waals surface area contributed by atoms with Crippen LogP contribution >= 0.6 is 0 Å². The molecular formula is C48H60N12O8. The zero-order chi connectivity index (χ0) is 48.8. The Morgan fingerprint density at radius 2 is 1.35 bits per heavy atom. The van der Waals surface area contributed by atoms with Gasteiger partial charge in [0.2, 0.25) is 47.3 Å². The van der Waals surface area contributed by atoms with Crippen LogP contribution in [0.1, 0.15) is 74.5 Å². The fourth-order valence-electron chi connectivity index (χ4n) is 8.73. The first-order chi connectivity index (χ1) is 32.6. The highest BCUT2D eigenvalue weighted by Gasteiger charge is 2.46. The Balaban J connectivity index is 1.40. The van der Waals surface area contributed by atoms with Gasteiger partial charge >= 0.3 is 0 Å². The van der Waals surface area contributed by atoms with Crippen molar-refractivity contribution in [1.82, 2.24) is 42.2 Å². The van der Waals surface area contributed by atoms with E-state index in [4.69, 9.17) is 17.2 Å². The van der Waals surface area contributed by atoms with Gasteiger partial charge in [-0.05, 0) is 67.2 Å². The van der Waals surface area contributed by atoms with Crippen LogP contribution in [0.3, 0.4) is 0 Å². The molecule has 6 rings (SSSR count). The number of nitrogens with zero attached hydrogens (tertiary/aromatic N) is 1. The number of nitrogens with two attached hydrogens (primary N) is 3. The molecule has 68 heavy (non-hydrogen) atoms. The first-order valence-electron chi connectivity index (χ1n) is 22.7. The van der Waals surface area contributed by atoms with Gasteiger partial charge < -0.3 is 59.4 Å². The zero-order valence-corrected chi connectivity index (χ0v) is 37.8. The maximum atomic E-state index is 15.0. The number of aromatic amines is 1. The van der Waals surface area contributed by atoms with E-state index in [9.17, 15) is 38.4 Å². The number of guanidine groups is 1. The van der Waals surface area contributed by atoms with Crippen molar-refractivity contribution in [2.24, 2.45) is 22.2 Å². The summed E-state index contributed by atoms with van der Waals surface area (Å²) < 4.78 is 0. The summed E-state index contributed by atoms with van der Waals surface area (Å²) in [7, 11) is 0. The number of carbonyl (C=O) groups excluding carboxylic acids is 8. The molecule has 14 N–H and O–H groups in total. The number of nitrogens with one attached hydrogen (secondary N) is 8. The minimum Gasteiger partial charge on any atom is -0.370 e. The summed E-state index contributed by atoms with van der Waals surface area (Å²) in [6, 6.07) is 18.9. The summed E-state index contributed by atoms with van der Waals surface area (Å²) in [5.74, 6) is -6.54. The predicted octanol–water partition coefficient (Wildman–Crippen LogP) is -0.331. The molecular weight excluding hydrogens is 873 g/mol. The molecule has 4 aromatic rings. The summed E-state index contributed by atoms with van der Waals surface area (Å²) in [4.78, 5) is 119. The summed E-state index contributed by atoms with van der Waals surface area (Å²) in [5, 5.41) is 19.7. The number of amides is 8. The second kappa shape index (κ2) is 23.1. The number of H-pyrrole nitrogens is 1. The van der Waals surface area contributed by atoms with Crippen LogP contribution in [-0.2, 0) is 51.2 Å². The molecule has 0 radical (unpaired) electrons. The third kappa shape index (κ3) is 13.4. The van der Waals surface area contributed by atoms with E-state index in [1.54, 1.807) is 36.5 Å². The molecule has 0 bridgehead atoms. The van der Waals surface area contributed by atoms with E-state index in [-0.39, 0.29) is 56.9 Å². The molecule has 5 atom stereocenters. The molecule has 2 aliphatic rings. The molecule has 20 heteroatoms. The molecule has 20 nitrogen and oxygen atoms in total. The first kappa shape index (κ1) is 49.7. The largest absolute Gasteiger partial charge is 0.370 e. The van der Waals surface area contributed by atoms with Crippen LogP contribution < -0.4 is 54.4 Å². The average Bonchev–Trinajstić information content (AvgIpc) is 3.73. The van der Waals surface area contributed by atoms with Gasteiger partial charge in [-0.1, -0.05) is 78.9 Å². The number of aliphatic imine (C=N–C) groups is 1. The summed E-state index contributed by atoms with van der Waals surface area (Å²) >= 11 is 0. The topological polar surface area (TPSA) is 327 Å². The van der Waals surface area contributed by atoms with Crippen molar-refractivity contribution >= 4 is 64.1 Å². The molecule has 1 aromatic heterocycles. The van der Waals surface area contributed by atoms with Crippen molar-refractivity contribution in [2.45, 2.75) is 106 Å². The summed E-state index contributed by atoms with van der Waals surface area (Å²) in [6.45, 7) is 0.728. The molecule has 3 aromatic carbocycles. The van der Waals surface area contributed by atoms with Gasteiger partial charge in [-0.25, -0.2) is 0 Å². The van der Waals surface area contributed by atoms with E-state index in [0.717, 1.165) is 16.5 Å². The molecule has 360 valence electrons. The van der Waals surface area contributed by atoms with Gasteiger partial charge in [-0.3, -0.25) is 43.3 Å². The van der Waals surface area contributed by atoms with Gasteiger partial charge in [-0.15, -0.1) is 0 Å². The van der Waals surface area contributed by atoms with Gasteiger partial charge in [0.15, 0.2) is 5.96 Å². The first-order valence-corrected chi connectivity index (χ1v) is 22.7. The Morgan fingerprint density at radius 3 is 2.03 bits per heavy atom. The molecule has 1 saturated heterocycles. The lowest BCUT2D eigenvalue weighted by molar-refractivity contribution is -0.140. The van der Waals surface area contributed by atoms with E-state index < -0.39 is 96.0 Å².